The van der Waals surface area contributed by atoms with E-state index in [9.17, 15) is 13.6 Å². The van der Waals surface area contributed by atoms with Gasteiger partial charge in [0, 0.05) is 36.5 Å². The molecule has 0 fully saturated rings. The van der Waals surface area contributed by atoms with Crippen molar-refractivity contribution in [2.75, 3.05) is 0 Å². The summed E-state index contributed by atoms with van der Waals surface area (Å²) in [5.41, 5.74) is 3.97. The molecular formula is C21H20F2N2OS. The maximum Gasteiger partial charge on any atom is 0.257 e. The van der Waals surface area contributed by atoms with Crippen LogP contribution in [0.4, 0.5) is 8.78 Å². The standard InChI is InChI=1S/C21H20F2N2OS/c1-13-6-4-5-7-16(13)10-19-14(2)24-21(25(3)20(19)26)27-12-15-8-17(22)11-18(23)9-15/h4-9,11H,10,12H2,1-3H3. The highest BCUT2D eigenvalue weighted by Crippen LogP contribution is 2.22. The van der Waals surface area contributed by atoms with Crippen LogP contribution in [-0.2, 0) is 19.2 Å². The average molecular weight is 386 g/mol. The molecule has 0 atom stereocenters. The van der Waals surface area contributed by atoms with Crippen molar-refractivity contribution < 1.29 is 8.78 Å². The van der Waals surface area contributed by atoms with Crippen molar-refractivity contribution in [1.82, 2.24) is 9.55 Å². The molecule has 140 valence electrons. The summed E-state index contributed by atoms with van der Waals surface area (Å²) in [6.45, 7) is 3.84. The zero-order chi connectivity index (χ0) is 19.6. The van der Waals surface area contributed by atoms with Crippen molar-refractivity contribution in [2.45, 2.75) is 31.2 Å². The van der Waals surface area contributed by atoms with E-state index >= 15 is 0 Å². The van der Waals surface area contributed by atoms with Crippen molar-refractivity contribution in [3.8, 4) is 0 Å². The first kappa shape index (κ1) is 19.3. The molecule has 27 heavy (non-hydrogen) atoms. The first-order valence-electron chi connectivity index (χ1n) is 8.54. The van der Waals surface area contributed by atoms with E-state index in [0.29, 0.717) is 34.2 Å². The van der Waals surface area contributed by atoms with Crippen LogP contribution >= 0.6 is 11.8 Å². The van der Waals surface area contributed by atoms with E-state index in [2.05, 4.69) is 4.98 Å². The molecule has 1 heterocycles. The normalized spacial score (nSPS) is 11.0. The molecule has 0 bridgehead atoms. The number of rotatable bonds is 5. The maximum atomic E-state index is 13.3. The molecule has 0 radical (unpaired) electrons. The van der Waals surface area contributed by atoms with Crippen molar-refractivity contribution >= 4 is 11.8 Å². The molecule has 0 spiro atoms. The summed E-state index contributed by atoms with van der Waals surface area (Å²) < 4.78 is 28.2. The second-order valence-corrected chi connectivity index (χ2v) is 7.43. The summed E-state index contributed by atoms with van der Waals surface area (Å²) in [6.07, 6.45) is 0.526. The summed E-state index contributed by atoms with van der Waals surface area (Å²) in [5.74, 6) is -0.902. The lowest BCUT2D eigenvalue weighted by Crippen LogP contribution is -2.26. The van der Waals surface area contributed by atoms with Gasteiger partial charge in [-0.15, -0.1) is 0 Å². The van der Waals surface area contributed by atoms with Crippen LogP contribution in [0, 0.1) is 25.5 Å². The molecule has 6 heteroatoms. The molecule has 3 nitrogen and oxygen atoms in total. The molecular weight excluding hydrogens is 366 g/mol. The van der Waals surface area contributed by atoms with Crippen LogP contribution in [0.5, 0.6) is 0 Å². The fraction of sp³-hybridized carbons (Fsp3) is 0.238. The summed E-state index contributed by atoms with van der Waals surface area (Å²) in [7, 11) is 1.67. The monoisotopic (exact) mass is 386 g/mol. The Kier molecular flexibility index (Phi) is 5.75. The average Bonchev–Trinajstić information content (AvgIpc) is 2.61. The van der Waals surface area contributed by atoms with Gasteiger partial charge in [-0.3, -0.25) is 9.36 Å². The molecule has 3 rings (SSSR count). The van der Waals surface area contributed by atoms with Gasteiger partial charge in [-0.1, -0.05) is 36.0 Å². The first-order chi connectivity index (χ1) is 12.8. The fourth-order valence-electron chi connectivity index (χ4n) is 2.90. The minimum atomic E-state index is -0.614. The topological polar surface area (TPSA) is 34.9 Å². The van der Waals surface area contributed by atoms with Gasteiger partial charge in [0.15, 0.2) is 5.16 Å². The number of nitrogens with zero attached hydrogens (tertiary/aromatic N) is 2. The van der Waals surface area contributed by atoms with Gasteiger partial charge in [-0.05, 0) is 42.7 Å². The van der Waals surface area contributed by atoms with Gasteiger partial charge in [0.1, 0.15) is 11.6 Å². The van der Waals surface area contributed by atoms with Crippen LogP contribution < -0.4 is 5.56 Å². The third kappa shape index (κ3) is 4.45. The molecule has 2 aromatic carbocycles. The van der Waals surface area contributed by atoms with E-state index in [1.54, 1.807) is 7.05 Å². The van der Waals surface area contributed by atoms with Crippen LogP contribution in [0.1, 0.15) is 27.9 Å². The van der Waals surface area contributed by atoms with Crippen LogP contribution in [0.3, 0.4) is 0 Å². The molecule has 0 N–H and O–H groups in total. The summed E-state index contributed by atoms with van der Waals surface area (Å²) in [6, 6.07) is 11.4. The van der Waals surface area contributed by atoms with E-state index in [1.807, 2.05) is 38.1 Å². The molecule has 0 saturated heterocycles. The summed E-state index contributed by atoms with van der Waals surface area (Å²) in [5, 5.41) is 0.524. The van der Waals surface area contributed by atoms with Crippen LogP contribution in [0.2, 0.25) is 0 Å². The second-order valence-electron chi connectivity index (χ2n) is 6.49. The molecule has 1 aromatic heterocycles. The van der Waals surface area contributed by atoms with Gasteiger partial charge in [0.05, 0.1) is 0 Å². The number of halogens is 2. The number of aryl methyl sites for hydroxylation is 2. The Hall–Kier alpha value is -2.47. The number of hydrogen-bond acceptors (Lipinski definition) is 3. The van der Waals surface area contributed by atoms with Gasteiger partial charge in [0.2, 0.25) is 0 Å². The minimum absolute atomic E-state index is 0.0984. The van der Waals surface area contributed by atoms with Crippen molar-refractivity contribution in [3.63, 3.8) is 0 Å². The highest BCUT2D eigenvalue weighted by Gasteiger charge is 2.14. The van der Waals surface area contributed by atoms with E-state index < -0.39 is 11.6 Å². The Labute approximate surface area is 161 Å². The van der Waals surface area contributed by atoms with Gasteiger partial charge in [-0.2, -0.15) is 0 Å². The van der Waals surface area contributed by atoms with Crippen LogP contribution in [-0.4, -0.2) is 9.55 Å². The van der Waals surface area contributed by atoms with E-state index in [1.165, 1.54) is 28.5 Å². The molecule has 0 aliphatic carbocycles. The lowest BCUT2D eigenvalue weighted by atomic mass is 10.0. The molecule has 0 unspecified atom stereocenters. The molecule has 0 saturated carbocycles. The van der Waals surface area contributed by atoms with Gasteiger partial charge in [0.25, 0.3) is 5.56 Å². The number of thioether (sulfide) groups is 1. The van der Waals surface area contributed by atoms with Gasteiger partial charge < -0.3 is 0 Å². The number of benzene rings is 2. The Balaban J connectivity index is 1.86. The second kappa shape index (κ2) is 8.05. The van der Waals surface area contributed by atoms with Gasteiger partial charge in [-0.25, -0.2) is 13.8 Å². The molecule has 3 aromatic rings. The first-order valence-corrected chi connectivity index (χ1v) is 9.52. The Morgan fingerprint density at radius 1 is 1.07 bits per heavy atom. The molecule has 0 amide bonds. The smallest absolute Gasteiger partial charge is 0.257 e. The zero-order valence-corrected chi connectivity index (χ0v) is 16.2. The van der Waals surface area contributed by atoms with Crippen molar-refractivity contribution in [1.29, 1.82) is 0 Å². The summed E-state index contributed by atoms with van der Waals surface area (Å²) in [4.78, 5) is 17.4. The highest BCUT2D eigenvalue weighted by molar-refractivity contribution is 7.98. The minimum Gasteiger partial charge on any atom is -0.291 e. The van der Waals surface area contributed by atoms with Crippen LogP contribution in [0.25, 0.3) is 0 Å². The quantitative estimate of drug-likeness (QED) is 0.476. The molecule has 0 aliphatic heterocycles. The van der Waals surface area contributed by atoms with E-state index in [0.717, 1.165) is 17.2 Å². The predicted molar refractivity (Wildman–Crippen MR) is 104 cm³/mol. The van der Waals surface area contributed by atoms with Crippen molar-refractivity contribution in [2.24, 2.45) is 7.05 Å². The Bertz CT molecular complexity index is 1030. The number of aromatic nitrogens is 2. The zero-order valence-electron chi connectivity index (χ0n) is 15.4. The fourth-order valence-corrected chi connectivity index (χ4v) is 3.84. The largest absolute Gasteiger partial charge is 0.291 e. The van der Waals surface area contributed by atoms with Crippen LogP contribution in [0.15, 0.2) is 52.4 Å². The predicted octanol–water partition coefficient (Wildman–Crippen LogP) is 4.56. The lowest BCUT2D eigenvalue weighted by molar-refractivity contribution is 0.581. The van der Waals surface area contributed by atoms with Crippen molar-refractivity contribution in [3.05, 3.63) is 92.4 Å². The third-order valence-electron chi connectivity index (χ3n) is 4.47. The molecule has 0 aliphatic rings. The third-order valence-corrected chi connectivity index (χ3v) is 5.57. The van der Waals surface area contributed by atoms with E-state index in [4.69, 9.17) is 0 Å². The van der Waals surface area contributed by atoms with E-state index in [-0.39, 0.29) is 5.56 Å². The lowest BCUT2D eigenvalue weighted by Gasteiger charge is -2.13. The maximum absolute atomic E-state index is 13.3. The number of hydrogen-bond donors (Lipinski definition) is 0. The Morgan fingerprint density at radius 2 is 1.74 bits per heavy atom. The van der Waals surface area contributed by atoms with Gasteiger partial charge >= 0.3 is 0 Å². The SMILES string of the molecule is Cc1ccccc1Cc1c(C)nc(SCc2cc(F)cc(F)c2)n(C)c1=O. The Morgan fingerprint density at radius 3 is 2.41 bits per heavy atom. The summed E-state index contributed by atoms with van der Waals surface area (Å²) >= 11 is 1.28. The highest BCUT2D eigenvalue weighted by atomic mass is 32.2.